The van der Waals surface area contributed by atoms with Crippen LogP contribution in [0.15, 0.2) is 4.52 Å². The fourth-order valence-corrected chi connectivity index (χ4v) is 3.50. The Morgan fingerprint density at radius 2 is 2.00 bits per heavy atom. The summed E-state index contributed by atoms with van der Waals surface area (Å²) in [5, 5.41) is 6.99. The summed E-state index contributed by atoms with van der Waals surface area (Å²) < 4.78 is 5.45. The minimum atomic E-state index is 0.0949. The number of rotatable bonds is 4. The molecule has 1 aromatic heterocycles. The molecule has 0 unspecified atom stereocenters. The van der Waals surface area contributed by atoms with Crippen molar-refractivity contribution in [3.05, 3.63) is 11.7 Å². The summed E-state index contributed by atoms with van der Waals surface area (Å²) >= 11 is 0. The summed E-state index contributed by atoms with van der Waals surface area (Å²) in [5.74, 6) is 2.15. The lowest BCUT2D eigenvalue weighted by atomic mass is 10.0. The number of hydrogen-bond donors (Lipinski definition) is 1. The normalized spacial score (nSPS) is 25.5. The van der Waals surface area contributed by atoms with Gasteiger partial charge in [-0.3, -0.25) is 4.90 Å². The number of amides is 2. The molecule has 0 bridgehead atoms. The van der Waals surface area contributed by atoms with E-state index in [0.29, 0.717) is 12.0 Å². The quantitative estimate of drug-likeness (QED) is 0.912. The summed E-state index contributed by atoms with van der Waals surface area (Å²) in [7, 11) is 0. The third-order valence-corrected chi connectivity index (χ3v) is 5.13. The molecule has 3 aliphatic rings. The first kappa shape index (κ1) is 14.0. The number of carbonyl (C=O) groups excluding carboxylic acids is 1. The fourth-order valence-electron chi connectivity index (χ4n) is 3.50. The molecule has 7 heteroatoms. The molecular weight excluding hydrogens is 282 g/mol. The van der Waals surface area contributed by atoms with E-state index in [4.69, 9.17) is 4.52 Å². The van der Waals surface area contributed by atoms with Gasteiger partial charge in [0.2, 0.25) is 5.89 Å². The number of hydrogen-bond acceptors (Lipinski definition) is 5. The van der Waals surface area contributed by atoms with Crippen molar-refractivity contribution in [1.82, 2.24) is 25.3 Å². The van der Waals surface area contributed by atoms with E-state index in [2.05, 4.69) is 27.3 Å². The molecule has 1 aromatic rings. The van der Waals surface area contributed by atoms with E-state index >= 15 is 0 Å². The van der Waals surface area contributed by atoms with Gasteiger partial charge in [-0.15, -0.1) is 0 Å². The highest BCUT2D eigenvalue weighted by molar-refractivity contribution is 5.76. The van der Waals surface area contributed by atoms with Gasteiger partial charge >= 0.3 is 6.03 Å². The van der Waals surface area contributed by atoms with Gasteiger partial charge in [0.15, 0.2) is 5.82 Å². The van der Waals surface area contributed by atoms with E-state index in [1.165, 1.54) is 12.8 Å². The molecule has 1 saturated carbocycles. The van der Waals surface area contributed by atoms with Gasteiger partial charge in [0.1, 0.15) is 0 Å². The Kier molecular flexibility index (Phi) is 3.52. The fraction of sp³-hybridized carbons (Fsp3) is 0.800. The topological polar surface area (TPSA) is 74.5 Å². The zero-order valence-corrected chi connectivity index (χ0v) is 13.0. The minimum Gasteiger partial charge on any atom is -0.338 e. The summed E-state index contributed by atoms with van der Waals surface area (Å²) in [6.45, 7) is 5.69. The molecular formula is C15H23N5O2. The van der Waals surface area contributed by atoms with Crippen molar-refractivity contribution in [3.8, 4) is 0 Å². The maximum absolute atomic E-state index is 11.8. The molecule has 0 spiro atoms. The van der Waals surface area contributed by atoms with Crippen LogP contribution in [0.2, 0.25) is 0 Å². The van der Waals surface area contributed by atoms with E-state index in [9.17, 15) is 4.79 Å². The first-order valence-corrected chi connectivity index (χ1v) is 8.34. The number of nitrogens with zero attached hydrogens (tertiary/aromatic N) is 4. The zero-order chi connectivity index (χ0) is 15.1. The second kappa shape index (κ2) is 5.53. The van der Waals surface area contributed by atoms with Crippen molar-refractivity contribution in [1.29, 1.82) is 0 Å². The van der Waals surface area contributed by atoms with Crippen molar-refractivity contribution < 1.29 is 9.32 Å². The predicted octanol–water partition coefficient (Wildman–Crippen LogP) is 1.50. The van der Waals surface area contributed by atoms with E-state index < -0.39 is 0 Å². The number of carbonyl (C=O) groups is 1. The lowest BCUT2D eigenvalue weighted by Gasteiger charge is -2.37. The maximum atomic E-state index is 11.8. The third kappa shape index (κ3) is 2.58. The molecule has 22 heavy (non-hydrogen) atoms. The maximum Gasteiger partial charge on any atom is 0.317 e. The van der Waals surface area contributed by atoms with Crippen LogP contribution in [0.3, 0.4) is 0 Å². The second-order valence-electron chi connectivity index (χ2n) is 6.63. The standard InChI is InChI=1S/C15H23N5O2/c1-10(14-17-13(18-22-14)11-2-3-11)19-7-4-12(5-8-19)20-9-6-16-15(20)21/h10-12H,2-9H2,1H3,(H,16,21)/t10-/m0/s1. The smallest absolute Gasteiger partial charge is 0.317 e. The van der Waals surface area contributed by atoms with E-state index in [0.717, 1.165) is 50.7 Å². The molecule has 3 fully saturated rings. The largest absolute Gasteiger partial charge is 0.338 e. The van der Waals surface area contributed by atoms with Crippen LogP contribution in [-0.2, 0) is 0 Å². The number of urea groups is 1. The van der Waals surface area contributed by atoms with Crippen LogP contribution in [0.25, 0.3) is 0 Å². The number of nitrogens with one attached hydrogen (secondary N) is 1. The van der Waals surface area contributed by atoms with E-state index in [-0.39, 0.29) is 12.1 Å². The van der Waals surface area contributed by atoms with Gasteiger partial charge in [0, 0.05) is 38.1 Å². The van der Waals surface area contributed by atoms with Crippen LogP contribution in [0.5, 0.6) is 0 Å². The molecule has 3 heterocycles. The Morgan fingerprint density at radius 1 is 1.23 bits per heavy atom. The Balaban J connectivity index is 1.35. The first-order chi connectivity index (χ1) is 10.7. The summed E-state index contributed by atoms with van der Waals surface area (Å²) in [6.07, 6.45) is 4.41. The third-order valence-electron chi connectivity index (χ3n) is 5.13. The van der Waals surface area contributed by atoms with Gasteiger partial charge in [0.05, 0.1) is 6.04 Å². The minimum absolute atomic E-state index is 0.0949. The van der Waals surface area contributed by atoms with Crippen molar-refractivity contribution in [3.63, 3.8) is 0 Å². The van der Waals surface area contributed by atoms with E-state index in [1.54, 1.807) is 0 Å². The van der Waals surface area contributed by atoms with Crippen LogP contribution in [0.1, 0.15) is 56.3 Å². The summed E-state index contributed by atoms with van der Waals surface area (Å²) in [4.78, 5) is 20.7. The van der Waals surface area contributed by atoms with E-state index in [1.807, 2.05) is 4.90 Å². The molecule has 2 saturated heterocycles. The van der Waals surface area contributed by atoms with Crippen LogP contribution < -0.4 is 5.32 Å². The molecule has 2 amide bonds. The molecule has 4 rings (SSSR count). The summed E-state index contributed by atoms with van der Waals surface area (Å²) in [6, 6.07) is 0.626. The van der Waals surface area contributed by atoms with Crippen LogP contribution >= 0.6 is 0 Å². The Bertz CT molecular complexity index is 548. The molecule has 0 aromatic carbocycles. The summed E-state index contributed by atoms with van der Waals surface area (Å²) in [5.41, 5.74) is 0. The number of aromatic nitrogens is 2. The van der Waals surface area contributed by atoms with Gasteiger partial charge < -0.3 is 14.7 Å². The Hall–Kier alpha value is -1.63. The lowest BCUT2D eigenvalue weighted by Crippen LogP contribution is -2.46. The zero-order valence-electron chi connectivity index (χ0n) is 13.0. The van der Waals surface area contributed by atoms with Gasteiger partial charge in [-0.1, -0.05) is 5.16 Å². The Morgan fingerprint density at radius 3 is 2.64 bits per heavy atom. The molecule has 1 atom stereocenters. The van der Waals surface area contributed by atoms with Crippen molar-refractivity contribution >= 4 is 6.03 Å². The number of likely N-dealkylation sites (tertiary alicyclic amines) is 1. The molecule has 120 valence electrons. The second-order valence-corrected chi connectivity index (χ2v) is 6.63. The molecule has 2 aliphatic heterocycles. The highest BCUT2D eigenvalue weighted by Crippen LogP contribution is 2.38. The molecule has 7 nitrogen and oxygen atoms in total. The Labute approximate surface area is 130 Å². The van der Waals surface area contributed by atoms with Crippen molar-refractivity contribution in [2.75, 3.05) is 26.2 Å². The highest BCUT2D eigenvalue weighted by atomic mass is 16.5. The average molecular weight is 305 g/mol. The van der Waals surface area contributed by atoms with Crippen LogP contribution in [-0.4, -0.2) is 58.2 Å². The van der Waals surface area contributed by atoms with Crippen molar-refractivity contribution in [2.45, 2.75) is 50.6 Å². The van der Waals surface area contributed by atoms with Gasteiger partial charge in [-0.05, 0) is 32.6 Å². The predicted molar refractivity (Wildman–Crippen MR) is 79.4 cm³/mol. The van der Waals surface area contributed by atoms with Crippen molar-refractivity contribution in [2.24, 2.45) is 0 Å². The number of piperidine rings is 1. The van der Waals surface area contributed by atoms with Crippen LogP contribution in [0, 0.1) is 0 Å². The average Bonchev–Trinajstić information content (AvgIpc) is 3.12. The lowest BCUT2D eigenvalue weighted by molar-refractivity contribution is 0.0981. The molecule has 0 radical (unpaired) electrons. The van der Waals surface area contributed by atoms with Gasteiger partial charge in [-0.2, -0.15) is 4.98 Å². The first-order valence-electron chi connectivity index (χ1n) is 8.34. The van der Waals surface area contributed by atoms with Gasteiger partial charge in [0.25, 0.3) is 0 Å². The molecule has 1 aliphatic carbocycles. The van der Waals surface area contributed by atoms with Crippen LogP contribution in [0.4, 0.5) is 4.79 Å². The monoisotopic (exact) mass is 305 g/mol. The molecule has 1 N–H and O–H groups in total. The van der Waals surface area contributed by atoms with Gasteiger partial charge in [-0.25, -0.2) is 4.79 Å². The SMILES string of the molecule is C[C@@H](c1nc(C2CC2)no1)N1CCC(N2CCNC2=O)CC1. The highest BCUT2D eigenvalue weighted by Gasteiger charge is 2.34.